The maximum absolute atomic E-state index is 12.3. The van der Waals surface area contributed by atoms with E-state index in [1.807, 2.05) is 0 Å². The lowest BCUT2D eigenvalue weighted by molar-refractivity contribution is 0.0510. The van der Waals surface area contributed by atoms with Gasteiger partial charge in [-0.1, -0.05) is 0 Å². The molecule has 0 radical (unpaired) electrons. The molecule has 0 saturated carbocycles. The lowest BCUT2D eigenvalue weighted by atomic mass is 9.92. The highest BCUT2D eigenvalue weighted by atomic mass is 16.4. The summed E-state index contributed by atoms with van der Waals surface area (Å²) in [6, 6.07) is 2.88. The summed E-state index contributed by atoms with van der Waals surface area (Å²) in [6.07, 6.45) is 2.48. The van der Waals surface area contributed by atoms with E-state index in [0.717, 1.165) is 12.8 Å². The van der Waals surface area contributed by atoms with Crippen LogP contribution in [0.5, 0.6) is 0 Å². The van der Waals surface area contributed by atoms with Gasteiger partial charge in [0.15, 0.2) is 0 Å². The van der Waals surface area contributed by atoms with Gasteiger partial charge in [0.2, 0.25) is 0 Å². The van der Waals surface area contributed by atoms with Gasteiger partial charge in [0.1, 0.15) is 5.69 Å². The molecule has 0 aromatic carbocycles. The molecule has 0 aliphatic carbocycles. The van der Waals surface area contributed by atoms with Crippen molar-refractivity contribution in [2.75, 3.05) is 13.1 Å². The van der Waals surface area contributed by atoms with Crippen LogP contribution in [0.4, 0.5) is 0 Å². The van der Waals surface area contributed by atoms with E-state index in [0.29, 0.717) is 13.1 Å². The number of likely N-dealkylation sites (tertiary alicyclic amines) is 1. The highest BCUT2D eigenvalue weighted by molar-refractivity contribution is 6.03. The van der Waals surface area contributed by atoms with Gasteiger partial charge in [0, 0.05) is 19.3 Å². The normalized spacial score (nSPS) is 17.8. The number of hydrogen-bond donors (Lipinski definition) is 2. The molecule has 0 spiro atoms. The van der Waals surface area contributed by atoms with Gasteiger partial charge in [0.05, 0.1) is 11.7 Å². The molecule has 6 nitrogen and oxygen atoms in total. The summed E-state index contributed by atoms with van der Waals surface area (Å²) in [4.78, 5) is 29.0. The fourth-order valence-electron chi connectivity index (χ4n) is 2.48. The van der Waals surface area contributed by atoms with Gasteiger partial charge >= 0.3 is 5.97 Å². The van der Waals surface area contributed by atoms with Crippen LogP contribution < -0.4 is 0 Å². The molecule has 1 aromatic rings. The molecule has 0 bridgehead atoms. The number of carboxylic acid groups (broad SMARTS) is 1. The van der Waals surface area contributed by atoms with E-state index >= 15 is 0 Å². The number of piperidine rings is 1. The zero-order valence-electron chi connectivity index (χ0n) is 11.3. The number of aromatic nitrogens is 1. The highest BCUT2D eigenvalue weighted by Gasteiger charge is 2.28. The molecule has 2 N–H and O–H groups in total. The Hall–Kier alpha value is -1.95. The van der Waals surface area contributed by atoms with Crippen molar-refractivity contribution in [1.82, 2.24) is 9.88 Å². The van der Waals surface area contributed by atoms with Crippen LogP contribution >= 0.6 is 0 Å². The largest absolute Gasteiger partial charge is 0.478 e. The summed E-state index contributed by atoms with van der Waals surface area (Å²) < 4.78 is 0. The third-order valence-electron chi connectivity index (χ3n) is 3.75. The molecule has 1 unspecified atom stereocenters. The number of aromatic carboxylic acids is 1. The van der Waals surface area contributed by atoms with Crippen molar-refractivity contribution < 1.29 is 19.8 Å². The topological polar surface area (TPSA) is 90.7 Å². The van der Waals surface area contributed by atoms with E-state index in [9.17, 15) is 14.7 Å². The minimum atomic E-state index is -1.15. The predicted molar refractivity (Wildman–Crippen MR) is 71.5 cm³/mol. The Labute approximate surface area is 117 Å². The Kier molecular flexibility index (Phi) is 4.34. The summed E-state index contributed by atoms with van der Waals surface area (Å²) in [5.74, 6) is -1.31. The molecule has 1 aliphatic heterocycles. The molecule has 1 saturated heterocycles. The van der Waals surface area contributed by atoms with Crippen LogP contribution in [0, 0.1) is 5.92 Å². The van der Waals surface area contributed by atoms with Crippen LogP contribution in [-0.2, 0) is 0 Å². The molecule has 2 heterocycles. The Morgan fingerprint density at radius 1 is 1.40 bits per heavy atom. The summed E-state index contributed by atoms with van der Waals surface area (Å²) in [6.45, 7) is 2.79. The van der Waals surface area contributed by atoms with E-state index in [-0.39, 0.29) is 29.2 Å². The van der Waals surface area contributed by atoms with Gasteiger partial charge in [-0.15, -0.1) is 0 Å². The predicted octanol–water partition coefficient (Wildman–Crippen LogP) is 1.01. The summed E-state index contributed by atoms with van der Waals surface area (Å²) >= 11 is 0. The number of nitrogens with zero attached hydrogens (tertiary/aromatic N) is 2. The molecule has 1 fully saturated rings. The molecule has 2 rings (SSSR count). The first kappa shape index (κ1) is 14.5. The van der Waals surface area contributed by atoms with Crippen molar-refractivity contribution in [3.05, 3.63) is 29.6 Å². The van der Waals surface area contributed by atoms with Gasteiger partial charge in [0.25, 0.3) is 5.91 Å². The quantitative estimate of drug-likeness (QED) is 0.861. The molecule has 20 heavy (non-hydrogen) atoms. The van der Waals surface area contributed by atoms with Gasteiger partial charge in [-0.25, -0.2) is 4.79 Å². The Balaban J connectivity index is 2.12. The summed E-state index contributed by atoms with van der Waals surface area (Å²) in [7, 11) is 0. The number of hydrogen-bond acceptors (Lipinski definition) is 4. The van der Waals surface area contributed by atoms with Crippen molar-refractivity contribution in [2.24, 2.45) is 5.92 Å². The van der Waals surface area contributed by atoms with Crippen molar-refractivity contribution in [3.8, 4) is 0 Å². The van der Waals surface area contributed by atoms with Crippen LogP contribution in [0.25, 0.3) is 0 Å². The van der Waals surface area contributed by atoms with E-state index in [1.165, 1.54) is 18.3 Å². The molecule has 6 heteroatoms. The average molecular weight is 278 g/mol. The van der Waals surface area contributed by atoms with Gasteiger partial charge < -0.3 is 15.1 Å². The number of aliphatic hydroxyl groups is 1. The lowest BCUT2D eigenvalue weighted by Gasteiger charge is -2.33. The van der Waals surface area contributed by atoms with Crippen LogP contribution in [0.3, 0.4) is 0 Å². The van der Waals surface area contributed by atoms with Crippen molar-refractivity contribution >= 4 is 11.9 Å². The summed E-state index contributed by atoms with van der Waals surface area (Å²) in [5.41, 5.74) is -0.0920. The lowest BCUT2D eigenvalue weighted by Crippen LogP contribution is -2.41. The van der Waals surface area contributed by atoms with Crippen LogP contribution in [0.1, 0.15) is 40.6 Å². The minimum absolute atomic E-state index is 0.0181. The second kappa shape index (κ2) is 6.00. The standard InChI is InChI=1S/C14H18N2O4/c1-9(17)10-4-7-16(8-5-10)13(18)12-11(14(19)20)3-2-6-15-12/h2-3,6,9-10,17H,4-5,7-8H2,1H3,(H,19,20). The number of carbonyl (C=O) groups excluding carboxylic acids is 1. The van der Waals surface area contributed by atoms with Crippen LogP contribution in [0.15, 0.2) is 18.3 Å². The second-order valence-corrected chi connectivity index (χ2v) is 5.07. The smallest absolute Gasteiger partial charge is 0.338 e. The third-order valence-corrected chi connectivity index (χ3v) is 3.75. The highest BCUT2D eigenvalue weighted by Crippen LogP contribution is 2.22. The zero-order valence-corrected chi connectivity index (χ0v) is 11.3. The third kappa shape index (κ3) is 2.96. The van der Waals surface area contributed by atoms with Crippen molar-refractivity contribution in [1.29, 1.82) is 0 Å². The molecule has 1 atom stereocenters. The maximum atomic E-state index is 12.3. The number of rotatable bonds is 3. The fraction of sp³-hybridized carbons (Fsp3) is 0.500. The number of carbonyl (C=O) groups is 2. The number of aliphatic hydroxyl groups excluding tert-OH is 1. The SMILES string of the molecule is CC(O)C1CCN(C(=O)c2ncccc2C(=O)O)CC1. The van der Waals surface area contributed by atoms with Crippen LogP contribution in [-0.4, -0.2) is 51.2 Å². The first-order valence-electron chi connectivity index (χ1n) is 6.66. The molecular weight excluding hydrogens is 260 g/mol. The Bertz CT molecular complexity index is 508. The van der Waals surface area contributed by atoms with E-state index in [2.05, 4.69) is 4.98 Å². The van der Waals surface area contributed by atoms with E-state index in [4.69, 9.17) is 5.11 Å². The van der Waals surface area contributed by atoms with Gasteiger partial charge in [-0.2, -0.15) is 0 Å². The minimum Gasteiger partial charge on any atom is -0.478 e. The monoisotopic (exact) mass is 278 g/mol. The first-order chi connectivity index (χ1) is 9.50. The van der Waals surface area contributed by atoms with Crippen LogP contribution in [0.2, 0.25) is 0 Å². The molecule has 108 valence electrons. The number of amides is 1. The van der Waals surface area contributed by atoms with E-state index in [1.54, 1.807) is 11.8 Å². The first-order valence-corrected chi connectivity index (χ1v) is 6.66. The Morgan fingerprint density at radius 3 is 2.60 bits per heavy atom. The average Bonchev–Trinajstić information content (AvgIpc) is 2.46. The van der Waals surface area contributed by atoms with Crippen molar-refractivity contribution in [3.63, 3.8) is 0 Å². The summed E-state index contributed by atoms with van der Waals surface area (Å²) in [5, 5.41) is 18.6. The number of pyridine rings is 1. The fourth-order valence-corrected chi connectivity index (χ4v) is 2.48. The number of carboxylic acids is 1. The van der Waals surface area contributed by atoms with Gasteiger partial charge in [-0.3, -0.25) is 9.78 Å². The molecule has 1 aromatic heterocycles. The molecule has 1 amide bonds. The van der Waals surface area contributed by atoms with E-state index < -0.39 is 5.97 Å². The molecular formula is C14H18N2O4. The molecule has 1 aliphatic rings. The zero-order chi connectivity index (χ0) is 14.7. The van der Waals surface area contributed by atoms with Crippen molar-refractivity contribution in [2.45, 2.75) is 25.9 Å². The second-order valence-electron chi connectivity index (χ2n) is 5.07. The van der Waals surface area contributed by atoms with Gasteiger partial charge in [-0.05, 0) is 37.8 Å². The maximum Gasteiger partial charge on any atom is 0.338 e. The Morgan fingerprint density at radius 2 is 2.05 bits per heavy atom.